The van der Waals surface area contributed by atoms with Gasteiger partial charge in [0.05, 0.1) is 0 Å². The molecule has 1 heterocycles. The number of rotatable bonds is 2. The maximum absolute atomic E-state index is 11.4. The van der Waals surface area contributed by atoms with Gasteiger partial charge in [0.1, 0.15) is 0 Å². The molecule has 0 radical (unpaired) electrons. The van der Waals surface area contributed by atoms with Crippen LogP contribution in [0.5, 0.6) is 0 Å². The number of urea groups is 1. The van der Waals surface area contributed by atoms with Crippen LogP contribution in [-0.4, -0.2) is 30.6 Å². The summed E-state index contributed by atoms with van der Waals surface area (Å²) in [5, 5.41) is 2.87. The predicted molar refractivity (Wildman–Crippen MR) is 53.6 cm³/mol. The Morgan fingerprint density at radius 3 is 2.54 bits per heavy atom. The Bertz CT molecular complexity index is 201. The van der Waals surface area contributed by atoms with E-state index in [1.807, 2.05) is 24.8 Å². The average Bonchev–Trinajstić information content (AvgIpc) is 2.55. The highest BCUT2D eigenvalue weighted by Gasteiger charge is 2.16. The van der Waals surface area contributed by atoms with E-state index in [1.165, 1.54) is 5.57 Å². The van der Waals surface area contributed by atoms with Gasteiger partial charge >= 0.3 is 6.03 Å². The van der Waals surface area contributed by atoms with Crippen molar-refractivity contribution in [2.75, 3.05) is 19.6 Å². The molecule has 1 fully saturated rings. The zero-order valence-corrected chi connectivity index (χ0v) is 8.47. The minimum Gasteiger partial charge on any atom is -0.335 e. The summed E-state index contributed by atoms with van der Waals surface area (Å²) in [4.78, 5) is 13.3. The summed E-state index contributed by atoms with van der Waals surface area (Å²) in [7, 11) is 0. The highest BCUT2D eigenvalue weighted by Crippen LogP contribution is 2.06. The van der Waals surface area contributed by atoms with Crippen molar-refractivity contribution in [3.63, 3.8) is 0 Å². The van der Waals surface area contributed by atoms with Crippen LogP contribution < -0.4 is 5.32 Å². The Morgan fingerprint density at radius 2 is 2.00 bits per heavy atom. The second-order valence-electron chi connectivity index (χ2n) is 3.66. The molecule has 1 saturated heterocycles. The molecule has 1 aliphatic heterocycles. The quantitative estimate of drug-likeness (QED) is 0.648. The maximum atomic E-state index is 11.4. The summed E-state index contributed by atoms with van der Waals surface area (Å²) < 4.78 is 0. The third-order valence-electron chi connectivity index (χ3n) is 2.16. The van der Waals surface area contributed by atoms with Gasteiger partial charge in [0.15, 0.2) is 0 Å². The minimum absolute atomic E-state index is 0.0787. The molecular weight excluding hydrogens is 164 g/mol. The van der Waals surface area contributed by atoms with E-state index in [2.05, 4.69) is 5.32 Å². The number of carbonyl (C=O) groups is 1. The van der Waals surface area contributed by atoms with E-state index >= 15 is 0 Å². The van der Waals surface area contributed by atoms with Crippen molar-refractivity contribution >= 4 is 6.03 Å². The van der Waals surface area contributed by atoms with Crippen LogP contribution >= 0.6 is 0 Å². The van der Waals surface area contributed by atoms with Crippen molar-refractivity contribution in [2.24, 2.45) is 0 Å². The lowest BCUT2D eigenvalue weighted by atomic mass is 10.3. The SMILES string of the molecule is CC(C)=CCNC(=O)N1CCCC1. The number of hydrogen-bond donors (Lipinski definition) is 1. The van der Waals surface area contributed by atoms with Crippen LogP contribution in [-0.2, 0) is 0 Å². The van der Waals surface area contributed by atoms with Gasteiger partial charge in [-0.3, -0.25) is 0 Å². The maximum Gasteiger partial charge on any atom is 0.317 e. The monoisotopic (exact) mass is 182 g/mol. The molecule has 0 saturated carbocycles. The van der Waals surface area contributed by atoms with Crippen molar-refractivity contribution in [1.82, 2.24) is 10.2 Å². The molecule has 0 aromatic rings. The van der Waals surface area contributed by atoms with Crippen molar-refractivity contribution in [3.8, 4) is 0 Å². The molecule has 1 N–H and O–H groups in total. The summed E-state index contributed by atoms with van der Waals surface area (Å²) in [6.45, 7) is 6.54. The number of nitrogens with zero attached hydrogens (tertiary/aromatic N) is 1. The molecule has 74 valence electrons. The topological polar surface area (TPSA) is 32.3 Å². The van der Waals surface area contributed by atoms with Gasteiger partial charge < -0.3 is 10.2 Å². The molecule has 13 heavy (non-hydrogen) atoms. The molecule has 2 amide bonds. The summed E-state index contributed by atoms with van der Waals surface area (Å²) in [6.07, 6.45) is 4.32. The van der Waals surface area contributed by atoms with Crippen molar-refractivity contribution < 1.29 is 4.79 Å². The summed E-state index contributed by atoms with van der Waals surface area (Å²) in [6, 6.07) is 0.0787. The largest absolute Gasteiger partial charge is 0.335 e. The molecule has 3 heteroatoms. The first-order valence-corrected chi connectivity index (χ1v) is 4.86. The fourth-order valence-electron chi connectivity index (χ4n) is 1.37. The van der Waals surface area contributed by atoms with Gasteiger partial charge in [0, 0.05) is 19.6 Å². The highest BCUT2D eigenvalue weighted by molar-refractivity contribution is 5.74. The first kappa shape index (κ1) is 10.1. The third kappa shape index (κ3) is 3.49. The van der Waals surface area contributed by atoms with Crippen LogP contribution in [0, 0.1) is 0 Å². The van der Waals surface area contributed by atoms with Crippen LogP contribution in [0.15, 0.2) is 11.6 Å². The summed E-state index contributed by atoms with van der Waals surface area (Å²) in [5.74, 6) is 0. The number of amides is 2. The van der Waals surface area contributed by atoms with Crippen molar-refractivity contribution in [1.29, 1.82) is 0 Å². The van der Waals surface area contributed by atoms with Gasteiger partial charge in [-0.15, -0.1) is 0 Å². The number of hydrogen-bond acceptors (Lipinski definition) is 1. The molecule has 1 rings (SSSR count). The summed E-state index contributed by atoms with van der Waals surface area (Å²) >= 11 is 0. The molecular formula is C10H18N2O. The fraction of sp³-hybridized carbons (Fsp3) is 0.700. The normalized spacial score (nSPS) is 15.7. The number of carbonyl (C=O) groups excluding carboxylic acids is 1. The molecule has 0 aliphatic carbocycles. The number of allylic oxidation sites excluding steroid dienone is 1. The van der Waals surface area contributed by atoms with E-state index in [9.17, 15) is 4.79 Å². The molecule has 1 aliphatic rings. The zero-order chi connectivity index (χ0) is 9.68. The van der Waals surface area contributed by atoms with E-state index in [1.54, 1.807) is 0 Å². The minimum atomic E-state index is 0.0787. The molecule has 0 unspecified atom stereocenters. The van der Waals surface area contributed by atoms with Gasteiger partial charge in [0.2, 0.25) is 0 Å². The number of likely N-dealkylation sites (tertiary alicyclic amines) is 1. The molecule has 0 bridgehead atoms. The van der Waals surface area contributed by atoms with E-state index < -0.39 is 0 Å². The second-order valence-corrected chi connectivity index (χ2v) is 3.66. The summed E-state index contributed by atoms with van der Waals surface area (Å²) in [5.41, 5.74) is 1.24. The Kier molecular flexibility index (Phi) is 3.80. The van der Waals surface area contributed by atoms with E-state index in [0.717, 1.165) is 25.9 Å². The molecule has 0 spiro atoms. The predicted octanol–water partition coefficient (Wildman–Crippen LogP) is 1.76. The number of nitrogens with one attached hydrogen (secondary N) is 1. The lowest BCUT2D eigenvalue weighted by molar-refractivity contribution is 0.210. The van der Waals surface area contributed by atoms with Crippen LogP contribution in [0.3, 0.4) is 0 Å². The first-order valence-electron chi connectivity index (χ1n) is 4.86. The molecule has 0 aromatic carbocycles. The average molecular weight is 182 g/mol. The third-order valence-corrected chi connectivity index (χ3v) is 2.16. The van der Waals surface area contributed by atoms with Gasteiger partial charge in [-0.2, -0.15) is 0 Å². The van der Waals surface area contributed by atoms with Gasteiger partial charge in [0.25, 0.3) is 0 Å². The highest BCUT2D eigenvalue weighted by atomic mass is 16.2. The van der Waals surface area contributed by atoms with Crippen LogP contribution in [0.1, 0.15) is 26.7 Å². The van der Waals surface area contributed by atoms with E-state index in [4.69, 9.17) is 0 Å². The van der Waals surface area contributed by atoms with Gasteiger partial charge in [-0.25, -0.2) is 4.79 Å². The smallest absolute Gasteiger partial charge is 0.317 e. The van der Waals surface area contributed by atoms with Crippen LogP contribution in [0.4, 0.5) is 4.79 Å². The van der Waals surface area contributed by atoms with Gasteiger partial charge in [-0.1, -0.05) is 11.6 Å². The van der Waals surface area contributed by atoms with Crippen molar-refractivity contribution in [2.45, 2.75) is 26.7 Å². The fourth-order valence-corrected chi connectivity index (χ4v) is 1.37. The van der Waals surface area contributed by atoms with Gasteiger partial charge in [-0.05, 0) is 26.7 Å². The van der Waals surface area contributed by atoms with Crippen molar-refractivity contribution in [3.05, 3.63) is 11.6 Å². The Morgan fingerprint density at radius 1 is 1.38 bits per heavy atom. The van der Waals surface area contributed by atoms with E-state index in [0.29, 0.717) is 6.54 Å². The lowest BCUT2D eigenvalue weighted by Gasteiger charge is -2.15. The molecule has 0 aromatic heterocycles. The Hall–Kier alpha value is -0.990. The first-order chi connectivity index (χ1) is 6.20. The Labute approximate surface area is 79.8 Å². The lowest BCUT2D eigenvalue weighted by Crippen LogP contribution is -2.37. The zero-order valence-electron chi connectivity index (χ0n) is 8.47. The van der Waals surface area contributed by atoms with Crippen LogP contribution in [0.25, 0.3) is 0 Å². The Balaban J connectivity index is 2.21. The molecule has 0 atom stereocenters. The van der Waals surface area contributed by atoms with Crippen LogP contribution in [0.2, 0.25) is 0 Å². The second kappa shape index (κ2) is 4.90. The molecule has 3 nitrogen and oxygen atoms in total. The standard InChI is InChI=1S/C10H18N2O/c1-9(2)5-6-11-10(13)12-7-3-4-8-12/h5H,3-4,6-8H2,1-2H3,(H,11,13). The van der Waals surface area contributed by atoms with E-state index in [-0.39, 0.29) is 6.03 Å².